The molecule has 0 atom stereocenters. The summed E-state index contributed by atoms with van der Waals surface area (Å²) in [5.41, 5.74) is 2.54. The van der Waals surface area contributed by atoms with Crippen LogP contribution in [-0.2, 0) is 0 Å². The third-order valence-electron chi connectivity index (χ3n) is 5.43. The molecule has 1 aromatic heterocycles. The molecule has 33 heavy (non-hydrogen) atoms. The van der Waals surface area contributed by atoms with Crippen LogP contribution < -0.4 is 15.3 Å². The van der Waals surface area contributed by atoms with E-state index in [4.69, 9.17) is 4.63 Å². The Kier molecular flexibility index (Phi) is 5.34. The van der Waals surface area contributed by atoms with E-state index in [2.05, 4.69) is 92.8 Å². The number of aromatic nitrogens is 2. The third kappa shape index (κ3) is 3.90. The molecule has 0 fully saturated rings. The van der Waals surface area contributed by atoms with Gasteiger partial charge in [0.1, 0.15) is 5.52 Å². The molecule has 0 amide bonds. The molecule has 160 valence electrons. The van der Waals surface area contributed by atoms with E-state index in [0.717, 1.165) is 48.4 Å². The van der Waals surface area contributed by atoms with Crippen molar-refractivity contribution < 1.29 is 4.63 Å². The quantitative estimate of drug-likeness (QED) is 0.322. The largest absolute Gasteiger partial charge is 0.325 e. The molecule has 1 N–H and O–H groups in total. The molecule has 0 unspecified atom stereocenters. The molecule has 1 aliphatic heterocycles. The second kappa shape index (κ2) is 8.77. The number of hydrogen-bond acceptors (Lipinski definition) is 7. The van der Waals surface area contributed by atoms with Gasteiger partial charge in [0, 0.05) is 21.4 Å². The van der Waals surface area contributed by atoms with Crippen molar-refractivity contribution in [3.05, 3.63) is 95.6 Å². The Morgan fingerprint density at radius 1 is 0.788 bits per heavy atom. The highest BCUT2D eigenvalue weighted by Gasteiger charge is 2.15. The smallest absolute Gasteiger partial charge is 0.151 e. The second-order valence-electron chi connectivity index (χ2n) is 7.50. The Hall–Kier alpha value is -3.55. The van der Waals surface area contributed by atoms with Gasteiger partial charge in [0.15, 0.2) is 5.52 Å². The van der Waals surface area contributed by atoms with Gasteiger partial charge < -0.3 is 4.72 Å². The van der Waals surface area contributed by atoms with Crippen molar-refractivity contribution in [2.75, 3.05) is 4.72 Å². The number of fused-ring (bicyclic) bond motifs is 3. The van der Waals surface area contributed by atoms with Crippen LogP contribution in [0.3, 0.4) is 0 Å². The van der Waals surface area contributed by atoms with Crippen molar-refractivity contribution in [2.45, 2.75) is 21.1 Å². The van der Waals surface area contributed by atoms with Gasteiger partial charge in [-0.25, -0.2) is 4.63 Å². The highest BCUT2D eigenvalue weighted by atomic mass is 32.2. The zero-order valence-corrected chi connectivity index (χ0v) is 19.1. The summed E-state index contributed by atoms with van der Waals surface area (Å²) in [6.07, 6.45) is 7.01. The topological polar surface area (TPSA) is 63.3 Å². The minimum absolute atomic E-state index is 0.739. The fourth-order valence-corrected chi connectivity index (χ4v) is 5.62. The first-order chi connectivity index (χ1) is 16.4. The Bertz CT molecular complexity index is 1640. The highest BCUT2D eigenvalue weighted by molar-refractivity contribution is 8.01. The zero-order valence-electron chi connectivity index (χ0n) is 17.4. The second-order valence-corrected chi connectivity index (χ2v) is 9.44. The van der Waals surface area contributed by atoms with Crippen molar-refractivity contribution in [1.29, 1.82) is 0 Å². The van der Waals surface area contributed by atoms with Crippen molar-refractivity contribution in [3.63, 3.8) is 0 Å². The van der Waals surface area contributed by atoms with Gasteiger partial charge in [-0.3, -0.25) is 4.99 Å². The van der Waals surface area contributed by atoms with E-state index in [1.807, 2.05) is 18.3 Å². The van der Waals surface area contributed by atoms with Crippen LogP contribution in [0.15, 0.2) is 109 Å². The number of rotatable bonds is 5. The fourth-order valence-electron chi connectivity index (χ4n) is 3.84. The molecule has 1 aliphatic rings. The maximum Gasteiger partial charge on any atom is 0.151 e. The average molecular weight is 467 g/mol. The van der Waals surface area contributed by atoms with E-state index in [1.165, 1.54) is 22.7 Å². The lowest BCUT2D eigenvalue weighted by Gasteiger charge is -2.10. The minimum atomic E-state index is 0.739. The Labute approximate surface area is 198 Å². The van der Waals surface area contributed by atoms with Gasteiger partial charge in [-0.2, -0.15) is 0 Å². The summed E-state index contributed by atoms with van der Waals surface area (Å²) in [4.78, 5) is 7.67. The Morgan fingerprint density at radius 3 is 2.58 bits per heavy atom. The average Bonchev–Trinajstić information content (AvgIpc) is 3.23. The van der Waals surface area contributed by atoms with Crippen LogP contribution in [0.1, 0.15) is 6.42 Å². The van der Waals surface area contributed by atoms with Crippen LogP contribution in [0.5, 0.6) is 0 Å². The van der Waals surface area contributed by atoms with Crippen molar-refractivity contribution in [2.24, 2.45) is 4.99 Å². The molecular formula is C26H18N4OS2. The van der Waals surface area contributed by atoms with Gasteiger partial charge in [0.25, 0.3) is 0 Å². The summed E-state index contributed by atoms with van der Waals surface area (Å²) in [6.45, 7) is 0. The molecule has 7 heteroatoms. The predicted octanol–water partition coefficient (Wildman–Crippen LogP) is 5.96. The van der Waals surface area contributed by atoms with Crippen LogP contribution in [0.2, 0.25) is 0 Å². The van der Waals surface area contributed by atoms with E-state index in [0.29, 0.717) is 0 Å². The number of anilines is 1. The number of hydrogen-bond donors (Lipinski definition) is 1. The zero-order chi connectivity index (χ0) is 22.0. The van der Waals surface area contributed by atoms with E-state index in [9.17, 15) is 0 Å². The summed E-state index contributed by atoms with van der Waals surface area (Å²) >= 11 is 3.14. The molecule has 0 spiro atoms. The number of nitrogens with one attached hydrogen (secondary N) is 1. The number of para-hydroxylation sites is 1. The molecule has 0 radical (unpaired) electrons. The normalized spacial score (nSPS) is 12.7. The number of nitrogens with zero attached hydrogens (tertiary/aromatic N) is 3. The predicted molar refractivity (Wildman–Crippen MR) is 135 cm³/mol. The molecule has 0 saturated heterocycles. The van der Waals surface area contributed by atoms with E-state index < -0.39 is 0 Å². The van der Waals surface area contributed by atoms with E-state index in [1.54, 1.807) is 11.8 Å². The molecule has 6 rings (SSSR count). The van der Waals surface area contributed by atoms with Gasteiger partial charge in [0.2, 0.25) is 0 Å². The molecule has 5 aromatic rings. The summed E-state index contributed by atoms with van der Waals surface area (Å²) in [5.74, 6) is 0. The first-order valence-electron chi connectivity index (χ1n) is 10.5. The fraction of sp³-hybridized carbons (Fsp3) is 0.0385. The first kappa shape index (κ1) is 20.1. The number of benzene rings is 4. The van der Waals surface area contributed by atoms with E-state index >= 15 is 0 Å². The van der Waals surface area contributed by atoms with Gasteiger partial charge in [0.05, 0.1) is 15.9 Å². The Balaban J connectivity index is 1.33. The molecule has 0 bridgehead atoms. The molecule has 0 aliphatic carbocycles. The van der Waals surface area contributed by atoms with Gasteiger partial charge in [-0.1, -0.05) is 72.4 Å². The van der Waals surface area contributed by atoms with Gasteiger partial charge in [-0.15, -0.1) is 0 Å². The van der Waals surface area contributed by atoms with Crippen LogP contribution in [-0.4, -0.2) is 10.3 Å². The lowest BCUT2D eigenvalue weighted by atomic mass is 10.1. The lowest BCUT2D eigenvalue weighted by Crippen LogP contribution is -2.25. The monoisotopic (exact) mass is 466 g/mol. The highest BCUT2D eigenvalue weighted by Crippen LogP contribution is 2.36. The first-order valence-corrected chi connectivity index (χ1v) is 12.2. The lowest BCUT2D eigenvalue weighted by molar-refractivity contribution is 0.314. The maximum atomic E-state index is 5.14. The van der Waals surface area contributed by atoms with Crippen molar-refractivity contribution >= 4 is 57.3 Å². The molecular weight excluding hydrogens is 448 g/mol. The summed E-state index contributed by atoms with van der Waals surface area (Å²) in [6, 6.07) is 24.9. The van der Waals surface area contributed by atoms with Crippen LogP contribution in [0.25, 0.3) is 27.9 Å². The standard InChI is InChI=1S/C26H18N4OS2/c1-2-11-19-17(7-1)9-5-12-20(19)30-33-23-15-14-22(25-26(23)29-31-28-25)32-21-13-6-10-18-8-3-4-16-27-24(18)21/h1-2,4-16,30H,3H2. The third-order valence-corrected chi connectivity index (χ3v) is 7.41. The summed E-state index contributed by atoms with van der Waals surface area (Å²) in [5, 5.41) is 12.9. The Morgan fingerprint density at radius 2 is 1.61 bits per heavy atom. The van der Waals surface area contributed by atoms with Crippen LogP contribution >= 0.6 is 23.7 Å². The molecule has 4 aromatic carbocycles. The maximum absolute atomic E-state index is 5.14. The summed E-state index contributed by atoms with van der Waals surface area (Å²) < 4.78 is 8.62. The van der Waals surface area contributed by atoms with E-state index in [-0.39, 0.29) is 0 Å². The van der Waals surface area contributed by atoms with Crippen molar-refractivity contribution in [3.8, 4) is 0 Å². The van der Waals surface area contributed by atoms with Gasteiger partial charge in [-0.05, 0) is 63.6 Å². The minimum Gasteiger partial charge on any atom is -0.325 e. The van der Waals surface area contributed by atoms with Crippen molar-refractivity contribution in [1.82, 2.24) is 10.3 Å². The summed E-state index contributed by atoms with van der Waals surface area (Å²) in [7, 11) is 0. The van der Waals surface area contributed by atoms with Crippen LogP contribution in [0.4, 0.5) is 5.69 Å². The molecule has 5 nitrogen and oxygen atoms in total. The molecule has 0 saturated carbocycles. The number of allylic oxidation sites excluding steroid dienone is 1. The van der Waals surface area contributed by atoms with Crippen LogP contribution in [0, 0.1) is 0 Å². The SMILES string of the molecule is C1=CN=c2c(Sc3ccc(SNc4cccc5ccccc45)c4nonc34)cccc2=CC1. The van der Waals surface area contributed by atoms with Gasteiger partial charge >= 0.3 is 0 Å². The molecule has 2 heterocycles.